The van der Waals surface area contributed by atoms with Gasteiger partial charge in [0.2, 0.25) is 0 Å². The van der Waals surface area contributed by atoms with E-state index < -0.39 is 9.84 Å². The molecule has 1 saturated heterocycles. The van der Waals surface area contributed by atoms with Gasteiger partial charge in [-0.2, -0.15) is 11.8 Å². The molecule has 1 aliphatic carbocycles. The summed E-state index contributed by atoms with van der Waals surface area (Å²) in [6.45, 7) is 4.98. The molecule has 2 aliphatic rings. The molecular weight excluding hydrogens is 433 g/mol. The van der Waals surface area contributed by atoms with Crippen molar-refractivity contribution in [3.05, 3.63) is 0 Å². The molecule has 1 saturated carbocycles. The molecule has 0 bridgehead atoms. The van der Waals surface area contributed by atoms with Crippen LogP contribution in [0.1, 0.15) is 26.2 Å². The largest absolute Gasteiger partial charge is 0.356 e. The van der Waals surface area contributed by atoms with Gasteiger partial charge in [0.25, 0.3) is 0 Å². The number of hydrogen-bond donors (Lipinski definition) is 1. The Morgan fingerprint density at radius 3 is 2.64 bits per heavy atom. The summed E-state index contributed by atoms with van der Waals surface area (Å²) in [5.74, 6) is 2.35. The topological polar surface area (TPSA) is 61.8 Å². The fraction of sp³-hybridized carbons (Fsp3) is 0.929. The van der Waals surface area contributed by atoms with Gasteiger partial charge in [0.1, 0.15) is 9.84 Å². The van der Waals surface area contributed by atoms with Crippen LogP contribution in [0.4, 0.5) is 0 Å². The Kier molecular flexibility index (Phi) is 7.78. The van der Waals surface area contributed by atoms with Crippen LogP contribution in [0, 0.1) is 5.41 Å². The predicted octanol–water partition coefficient (Wildman–Crippen LogP) is 1.83. The van der Waals surface area contributed by atoms with Crippen LogP contribution in [0.2, 0.25) is 0 Å². The lowest BCUT2D eigenvalue weighted by atomic mass is 10.1. The molecule has 0 aromatic carbocycles. The molecular formula is C14H28IN3O2S2. The molecule has 1 unspecified atom stereocenters. The number of nitrogens with zero attached hydrogens (tertiary/aromatic N) is 2. The first kappa shape index (κ1) is 20.3. The van der Waals surface area contributed by atoms with Crippen LogP contribution in [0.25, 0.3) is 0 Å². The molecule has 0 spiro atoms. The Labute approximate surface area is 156 Å². The zero-order valence-corrected chi connectivity index (χ0v) is 17.6. The van der Waals surface area contributed by atoms with E-state index >= 15 is 0 Å². The van der Waals surface area contributed by atoms with E-state index in [9.17, 15) is 8.42 Å². The van der Waals surface area contributed by atoms with Crippen LogP contribution in [-0.4, -0.2) is 69.0 Å². The van der Waals surface area contributed by atoms with Gasteiger partial charge in [0, 0.05) is 49.4 Å². The third-order valence-electron chi connectivity index (χ3n) is 4.25. The first-order chi connectivity index (χ1) is 9.87. The molecule has 22 heavy (non-hydrogen) atoms. The maximum atomic E-state index is 11.5. The summed E-state index contributed by atoms with van der Waals surface area (Å²) in [6.07, 6.45) is 4.50. The van der Waals surface area contributed by atoms with Crippen LogP contribution >= 0.6 is 35.7 Å². The predicted molar refractivity (Wildman–Crippen MR) is 106 cm³/mol. The van der Waals surface area contributed by atoms with E-state index in [0.717, 1.165) is 37.6 Å². The molecule has 2 fully saturated rings. The number of sulfone groups is 1. The Balaban J connectivity index is 0.00000242. The quantitative estimate of drug-likeness (QED) is 0.385. The van der Waals surface area contributed by atoms with Crippen molar-refractivity contribution in [2.45, 2.75) is 31.4 Å². The Morgan fingerprint density at radius 1 is 1.45 bits per heavy atom. The summed E-state index contributed by atoms with van der Waals surface area (Å²) in [4.78, 5) is 6.69. The van der Waals surface area contributed by atoms with E-state index in [1.54, 1.807) is 7.05 Å². The highest BCUT2D eigenvalue weighted by molar-refractivity contribution is 14.0. The fourth-order valence-corrected chi connectivity index (χ4v) is 5.55. The molecule has 130 valence electrons. The van der Waals surface area contributed by atoms with Gasteiger partial charge in [-0.3, -0.25) is 4.99 Å². The molecule has 0 radical (unpaired) electrons. The van der Waals surface area contributed by atoms with Gasteiger partial charge in [0.15, 0.2) is 5.96 Å². The molecule has 1 aliphatic heterocycles. The van der Waals surface area contributed by atoms with Gasteiger partial charge >= 0.3 is 0 Å². The zero-order chi connectivity index (χ0) is 15.5. The monoisotopic (exact) mass is 461 g/mol. The van der Waals surface area contributed by atoms with E-state index in [0.29, 0.717) is 11.8 Å². The van der Waals surface area contributed by atoms with Crippen molar-refractivity contribution in [3.63, 3.8) is 0 Å². The fourth-order valence-electron chi connectivity index (χ4n) is 2.86. The molecule has 0 aromatic heterocycles. The van der Waals surface area contributed by atoms with Gasteiger partial charge in [-0.25, -0.2) is 8.42 Å². The van der Waals surface area contributed by atoms with Gasteiger partial charge in [-0.1, -0.05) is 6.92 Å². The normalized spacial score (nSPS) is 24.6. The average Bonchev–Trinajstić information content (AvgIpc) is 3.17. The second-order valence-corrected chi connectivity index (χ2v) is 9.87. The lowest BCUT2D eigenvalue weighted by Crippen LogP contribution is -2.49. The molecule has 1 N–H and O–H groups in total. The van der Waals surface area contributed by atoms with Crippen LogP contribution in [-0.2, 0) is 9.84 Å². The number of nitrogens with one attached hydrogen (secondary N) is 1. The van der Waals surface area contributed by atoms with Crippen molar-refractivity contribution in [1.82, 2.24) is 10.2 Å². The molecule has 0 amide bonds. The molecule has 2 rings (SSSR count). The summed E-state index contributed by atoms with van der Waals surface area (Å²) in [7, 11) is -1.10. The van der Waals surface area contributed by atoms with Crippen molar-refractivity contribution in [2.75, 3.05) is 44.4 Å². The summed E-state index contributed by atoms with van der Waals surface area (Å²) in [5, 5.41) is 4.08. The number of thioether (sulfide) groups is 1. The lowest BCUT2D eigenvalue weighted by molar-refractivity contribution is 0.400. The number of rotatable bonds is 5. The van der Waals surface area contributed by atoms with Crippen molar-refractivity contribution in [3.8, 4) is 0 Å². The van der Waals surface area contributed by atoms with Gasteiger partial charge < -0.3 is 10.2 Å². The molecule has 5 nitrogen and oxygen atoms in total. The number of halogens is 1. The SMILES string of the molecule is CCC1CN(C(=NC)NCC2(CS(C)(=O)=O)CC2)CCS1.I. The van der Waals surface area contributed by atoms with Crippen molar-refractivity contribution < 1.29 is 8.42 Å². The third kappa shape index (κ3) is 6.07. The standard InChI is InChI=1S/C14H27N3O2S2.HI/c1-4-12-9-17(7-8-20-12)13(15-2)16-10-14(5-6-14)11-21(3,18)19;/h12H,4-11H2,1-3H3,(H,15,16);1H. The zero-order valence-electron chi connectivity index (χ0n) is 13.7. The second-order valence-electron chi connectivity index (χ2n) is 6.32. The first-order valence-corrected chi connectivity index (χ1v) is 10.7. The van der Waals surface area contributed by atoms with Gasteiger partial charge in [-0.05, 0) is 19.3 Å². The van der Waals surface area contributed by atoms with E-state index in [2.05, 4.69) is 22.1 Å². The third-order valence-corrected chi connectivity index (χ3v) is 6.76. The minimum absolute atomic E-state index is 0. The lowest BCUT2D eigenvalue weighted by Gasteiger charge is -2.34. The van der Waals surface area contributed by atoms with E-state index in [-0.39, 0.29) is 35.1 Å². The number of guanidine groups is 1. The Hall–Kier alpha value is 0.300. The van der Waals surface area contributed by atoms with Crippen LogP contribution in [0.5, 0.6) is 0 Å². The first-order valence-electron chi connectivity index (χ1n) is 7.62. The van der Waals surface area contributed by atoms with E-state index in [1.165, 1.54) is 12.7 Å². The van der Waals surface area contributed by atoms with Crippen molar-refractivity contribution in [2.24, 2.45) is 10.4 Å². The van der Waals surface area contributed by atoms with E-state index in [1.807, 2.05) is 11.8 Å². The summed E-state index contributed by atoms with van der Waals surface area (Å²) >= 11 is 2.03. The van der Waals surface area contributed by atoms with Gasteiger partial charge in [0.05, 0.1) is 5.75 Å². The van der Waals surface area contributed by atoms with Crippen molar-refractivity contribution >= 4 is 51.5 Å². The molecule has 8 heteroatoms. The maximum absolute atomic E-state index is 11.5. The van der Waals surface area contributed by atoms with E-state index in [4.69, 9.17) is 0 Å². The number of aliphatic imine (C=N–C) groups is 1. The molecule has 1 heterocycles. The average molecular weight is 461 g/mol. The van der Waals surface area contributed by atoms with Crippen LogP contribution in [0.15, 0.2) is 4.99 Å². The Bertz CT molecular complexity index is 492. The van der Waals surface area contributed by atoms with Crippen LogP contribution in [0.3, 0.4) is 0 Å². The highest BCUT2D eigenvalue weighted by atomic mass is 127. The minimum atomic E-state index is -2.91. The molecule has 0 aromatic rings. The smallest absolute Gasteiger partial charge is 0.193 e. The maximum Gasteiger partial charge on any atom is 0.193 e. The summed E-state index contributed by atoms with van der Waals surface area (Å²) in [6, 6.07) is 0. The molecule has 1 atom stereocenters. The minimum Gasteiger partial charge on any atom is -0.356 e. The van der Waals surface area contributed by atoms with Gasteiger partial charge in [-0.15, -0.1) is 24.0 Å². The Morgan fingerprint density at radius 2 is 2.14 bits per heavy atom. The highest BCUT2D eigenvalue weighted by Gasteiger charge is 2.45. The summed E-state index contributed by atoms with van der Waals surface area (Å²) in [5.41, 5.74) is -0.0573. The number of hydrogen-bond acceptors (Lipinski definition) is 4. The second kappa shape index (κ2) is 8.41. The summed E-state index contributed by atoms with van der Waals surface area (Å²) < 4.78 is 23.0. The van der Waals surface area contributed by atoms with Crippen molar-refractivity contribution in [1.29, 1.82) is 0 Å². The van der Waals surface area contributed by atoms with Crippen LogP contribution < -0.4 is 5.32 Å². The highest BCUT2D eigenvalue weighted by Crippen LogP contribution is 2.46.